The minimum absolute atomic E-state index is 0.102. The van der Waals surface area contributed by atoms with Crippen molar-refractivity contribution in [3.63, 3.8) is 0 Å². The van der Waals surface area contributed by atoms with Crippen molar-refractivity contribution in [2.75, 3.05) is 41.3 Å². The standard InChI is InChI=1S/C21H36N6S/c1-15-8-6-10-26(13-15)17-12-18(27-11-7-9-16(2)14-27)23-19(22-17)24-20(28)25-21(3,4)5/h12,15-16H,6-11,13-14H2,1-5H3,(H2,22,23,24,25,28)/t15-,16-/m0/s1. The zero-order chi connectivity index (χ0) is 20.3. The summed E-state index contributed by atoms with van der Waals surface area (Å²) in [5.74, 6) is 4.00. The maximum atomic E-state index is 5.49. The van der Waals surface area contributed by atoms with E-state index in [1.165, 1.54) is 25.7 Å². The predicted octanol–water partition coefficient (Wildman–Crippen LogP) is 4.03. The Morgan fingerprint density at radius 3 is 1.93 bits per heavy atom. The fraction of sp³-hybridized carbons (Fsp3) is 0.762. The van der Waals surface area contributed by atoms with Gasteiger partial charge in [0.05, 0.1) is 0 Å². The van der Waals surface area contributed by atoms with Crippen LogP contribution in [0.2, 0.25) is 0 Å². The summed E-state index contributed by atoms with van der Waals surface area (Å²) in [6.45, 7) is 15.1. The highest BCUT2D eigenvalue weighted by Gasteiger charge is 2.23. The van der Waals surface area contributed by atoms with Crippen molar-refractivity contribution in [2.45, 2.75) is 65.8 Å². The molecule has 0 bridgehead atoms. The largest absolute Gasteiger partial charge is 0.358 e. The SMILES string of the molecule is C[C@H]1CCCN(c2cc(N3CCC[C@H](C)C3)nc(NC(=S)NC(C)(C)C)n2)C1. The molecule has 2 aliphatic heterocycles. The van der Waals surface area contributed by atoms with Crippen molar-refractivity contribution in [3.8, 4) is 0 Å². The third kappa shape index (κ3) is 5.93. The first-order valence-electron chi connectivity index (χ1n) is 10.7. The lowest BCUT2D eigenvalue weighted by molar-refractivity contribution is 0.441. The third-order valence-electron chi connectivity index (χ3n) is 5.37. The molecule has 28 heavy (non-hydrogen) atoms. The van der Waals surface area contributed by atoms with Crippen LogP contribution in [0.3, 0.4) is 0 Å². The highest BCUT2D eigenvalue weighted by atomic mass is 32.1. The molecule has 2 aliphatic rings. The van der Waals surface area contributed by atoms with Crippen LogP contribution in [0.15, 0.2) is 6.07 Å². The lowest BCUT2D eigenvalue weighted by atomic mass is 10.00. The van der Waals surface area contributed by atoms with E-state index in [-0.39, 0.29) is 5.54 Å². The Balaban J connectivity index is 1.86. The minimum atomic E-state index is -0.102. The molecule has 0 spiro atoms. The molecule has 2 fully saturated rings. The summed E-state index contributed by atoms with van der Waals surface area (Å²) in [4.78, 5) is 14.5. The summed E-state index contributed by atoms with van der Waals surface area (Å²) < 4.78 is 0. The smallest absolute Gasteiger partial charge is 0.232 e. The van der Waals surface area contributed by atoms with E-state index in [4.69, 9.17) is 22.2 Å². The van der Waals surface area contributed by atoms with E-state index in [1.54, 1.807) is 0 Å². The number of anilines is 3. The second kappa shape index (κ2) is 8.80. The van der Waals surface area contributed by atoms with Gasteiger partial charge < -0.3 is 20.4 Å². The van der Waals surface area contributed by atoms with Gasteiger partial charge in [-0.2, -0.15) is 9.97 Å². The van der Waals surface area contributed by atoms with Crippen molar-refractivity contribution in [3.05, 3.63) is 6.07 Å². The molecule has 0 radical (unpaired) electrons. The molecule has 0 amide bonds. The Hall–Kier alpha value is -1.63. The zero-order valence-electron chi connectivity index (χ0n) is 18.1. The second-order valence-corrected chi connectivity index (χ2v) is 10.0. The number of piperidine rings is 2. The van der Waals surface area contributed by atoms with Crippen LogP contribution < -0.4 is 20.4 Å². The highest BCUT2D eigenvalue weighted by Crippen LogP contribution is 2.28. The quantitative estimate of drug-likeness (QED) is 0.738. The zero-order valence-corrected chi connectivity index (χ0v) is 18.9. The van der Waals surface area contributed by atoms with Crippen LogP contribution in [-0.4, -0.2) is 46.8 Å². The van der Waals surface area contributed by atoms with Gasteiger partial charge in [0.2, 0.25) is 5.95 Å². The van der Waals surface area contributed by atoms with Crippen molar-refractivity contribution in [2.24, 2.45) is 11.8 Å². The molecule has 2 atom stereocenters. The molecule has 2 saturated heterocycles. The molecule has 3 heterocycles. The number of hydrogen-bond acceptors (Lipinski definition) is 5. The van der Waals surface area contributed by atoms with E-state index in [1.807, 2.05) is 0 Å². The molecular weight excluding hydrogens is 368 g/mol. The van der Waals surface area contributed by atoms with Crippen molar-refractivity contribution in [1.29, 1.82) is 0 Å². The van der Waals surface area contributed by atoms with Gasteiger partial charge in [0.15, 0.2) is 5.11 Å². The van der Waals surface area contributed by atoms with Gasteiger partial charge in [-0.25, -0.2) is 0 Å². The van der Waals surface area contributed by atoms with Crippen LogP contribution in [0, 0.1) is 11.8 Å². The van der Waals surface area contributed by atoms with Gasteiger partial charge in [-0.15, -0.1) is 0 Å². The van der Waals surface area contributed by atoms with Gasteiger partial charge in [-0.3, -0.25) is 0 Å². The topological polar surface area (TPSA) is 56.3 Å². The second-order valence-electron chi connectivity index (χ2n) is 9.62. The minimum Gasteiger partial charge on any atom is -0.358 e. The fourth-order valence-electron chi connectivity index (χ4n) is 4.07. The lowest BCUT2D eigenvalue weighted by Crippen LogP contribution is -2.43. The monoisotopic (exact) mass is 404 g/mol. The normalized spacial score (nSPS) is 23.5. The number of aromatic nitrogens is 2. The summed E-state index contributed by atoms with van der Waals surface area (Å²) >= 11 is 5.49. The third-order valence-corrected chi connectivity index (χ3v) is 5.58. The maximum absolute atomic E-state index is 5.49. The molecule has 3 rings (SSSR count). The van der Waals surface area contributed by atoms with Gasteiger partial charge >= 0.3 is 0 Å². The molecule has 1 aromatic heterocycles. The number of thiocarbonyl (C=S) groups is 1. The van der Waals surface area contributed by atoms with Crippen LogP contribution in [0.1, 0.15) is 60.3 Å². The van der Waals surface area contributed by atoms with Crippen LogP contribution >= 0.6 is 12.2 Å². The van der Waals surface area contributed by atoms with Crippen molar-refractivity contribution in [1.82, 2.24) is 15.3 Å². The van der Waals surface area contributed by atoms with Gasteiger partial charge in [0, 0.05) is 37.8 Å². The maximum Gasteiger partial charge on any atom is 0.232 e. The summed E-state index contributed by atoms with van der Waals surface area (Å²) in [5, 5.41) is 7.08. The molecule has 0 aliphatic carbocycles. The Labute approximate surface area is 175 Å². The van der Waals surface area contributed by atoms with Gasteiger partial charge in [-0.05, 0) is 70.5 Å². The summed E-state index contributed by atoms with van der Waals surface area (Å²) in [5.41, 5.74) is -0.102. The Morgan fingerprint density at radius 2 is 1.50 bits per heavy atom. The first-order valence-corrected chi connectivity index (χ1v) is 11.1. The number of rotatable bonds is 3. The van der Waals surface area contributed by atoms with E-state index < -0.39 is 0 Å². The molecular formula is C21H36N6S. The number of hydrogen-bond donors (Lipinski definition) is 2. The van der Waals surface area contributed by atoms with E-state index in [2.05, 4.69) is 61.1 Å². The van der Waals surface area contributed by atoms with E-state index in [0.29, 0.717) is 22.9 Å². The first kappa shape index (κ1) is 21.1. The average molecular weight is 405 g/mol. The van der Waals surface area contributed by atoms with Crippen LogP contribution in [0.25, 0.3) is 0 Å². The molecule has 0 unspecified atom stereocenters. The lowest BCUT2D eigenvalue weighted by Gasteiger charge is -2.35. The molecule has 0 aromatic carbocycles. The van der Waals surface area contributed by atoms with Gasteiger partial charge in [-0.1, -0.05) is 13.8 Å². The van der Waals surface area contributed by atoms with E-state index in [0.717, 1.165) is 37.8 Å². The molecule has 2 N–H and O–H groups in total. The van der Waals surface area contributed by atoms with Crippen molar-refractivity contribution >= 4 is 34.9 Å². The summed E-state index contributed by atoms with van der Waals surface area (Å²) in [6, 6.07) is 2.17. The van der Waals surface area contributed by atoms with Gasteiger partial charge in [0.25, 0.3) is 0 Å². The molecule has 156 valence electrons. The molecule has 6 nitrogen and oxygen atoms in total. The van der Waals surface area contributed by atoms with E-state index in [9.17, 15) is 0 Å². The van der Waals surface area contributed by atoms with Crippen LogP contribution in [0.4, 0.5) is 17.6 Å². The average Bonchev–Trinajstić information content (AvgIpc) is 2.60. The fourth-order valence-corrected chi connectivity index (χ4v) is 4.47. The summed E-state index contributed by atoms with van der Waals surface area (Å²) in [6.07, 6.45) is 5.02. The Morgan fingerprint density at radius 1 is 1.00 bits per heavy atom. The van der Waals surface area contributed by atoms with Gasteiger partial charge in [0.1, 0.15) is 11.6 Å². The van der Waals surface area contributed by atoms with Crippen LogP contribution in [0.5, 0.6) is 0 Å². The summed E-state index contributed by atoms with van der Waals surface area (Å²) in [7, 11) is 0. The number of nitrogens with one attached hydrogen (secondary N) is 2. The molecule has 0 saturated carbocycles. The first-order chi connectivity index (χ1) is 13.2. The van der Waals surface area contributed by atoms with E-state index >= 15 is 0 Å². The Bertz CT molecular complexity index is 646. The van der Waals surface area contributed by atoms with Crippen molar-refractivity contribution < 1.29 is 0 Å². The molecule has 1 aromatic rings. The van der Waals surface area contributed by atoms with Crippen LogP contribution in [-0.2, 0) is 0 Å². The molecule has 7 heteroatoms. The number of nitrogens with zero attached hydrogens (tertiary/aromatic N) is 4. The predicted molar refractivity (Wildman–Crippen MR) is 122 cm³/mol. The Kier molecular flexibility index (Phi) is 6.63. The highest BCUT2D eigenvalue weighted by molar-refractivity contribution is 7.80.